The molecule has 2 aromatic carbocycles. The number of unbranched alkanes of at least 4 members (excludes halogenated alkanes) is 1. The Bertz CT molecular complexity index is 1040. The summed E-state index contributed by atoms with van der Waals surface area (Å²) in [4.78, 5) is 22.7. The minimum Gasteiger partial charge on any atom is -0.481 e. The number of aromatic nitrogens is 2. The average molecular weight is 416 g/mol. The molecule has 10 heteroatoms. The monoisotopic (exact) mass is 416 g/mol. The summed E-state index contributed by atoms with van der Waals surface area (Å²) in [6, 6.07) is 10.1. The minimum atomic E-state index is -1.04. The van der Waals surface area contributed by atoms with Crippen LogP contribution in [0.15, 0.2) is 46.9 Å². The van der Waals surface area contributed by atoms with Gasteiger partial charge < -0.3 is 20.2 Å². The van der Waals surface area contributed by atoms with Crippen molar-refractivity contribution in [3.8, 4) is 0 Å². The molecule has 0 spiro atoms. The van der Waals surface area contributed by atoms with Gasteiger partial charge in [0.2, 0.25) is 0 Å². The van der Waals surface area contributed by atoms with Gasteiger partial charge in [0.1, 0.15) is 0 Å². The van der Waals surface area contributed by atoms with Gasteiger partial charge in [-0.3, -0.25) is 9.59 Å². The second-order valence-electron chi connectivity index (χ2n) is 6.42. The summed E-state index contributed by atoms with van der Waals surface area (Å²) in [5.41, 5.74) is 1.72. The molecule has 0 saturated carbocycles. The van der Waals surface area contributed by atoms with E-state index in [0.29, 0.717) is 12.1 Å². The highest BCUT2D eigenvalue weighted by Gasteiger charge is 2.15. The number of hydrogen-bond acceptors (Lipinski definition) is 6. The molecule has 156 valence electrons. The van der Waals surface area contributed by atoms with Crippen molar-refractivity contribution in [1.82, 2.24) is 10.2 Å². The molecule has 3 aromatic rings. The van der Waals surface area contributed by atoms with E-state index >= 15 is 0 Å². The molecule has 30 heavy (non-hydrogen) atoms. The van der Waals surface area contributed by atoms with E-state index in [0.717, 1.165) is 30.5 Å². The molecule has 0 atom stereocenters. The van der Waals surface area contributed by atoms with E-state index < -0.39 is 23.5 Å². The molecule has 0 radical (unpaired) electrons. The van der Waals surface area contributed by atoms with Crippen molar-refractivity contribution < 1.29 is 27.9 Å². The van der Waals surface area contributed by atoms with Crippen molar-refractivity contribution in [2.45, 2.75) is 25.7 Å². The van der Waals surface area contributed by atoms with Crippen molar-refractivity contribution >= 4 is 29.3 Å². The van der Waals surface area contributed by atoms with Crippen LogP contribution in [0.3, 0.4) is 0 Å². The molecule has 0 saturated heterocycles. The fraction of sp³-hybridized carbons (Fsp3) is 0.200. The Morgan fingerprint density at radius 1 is 0.967 bits per heavy atom. The van der Waals surface area contributed by atoms with Gasteiger partial charge in [0.05, 0.1) is 0 Å². The predicted molar refractivity (Wildman–Crippen MR) is 104 cm³/mol. The largest absolute Gasteiger partial charge is 0.481 e. The molecule has 0 aliphatic carbocycles. The van der Waals surface area contributed by atoms with Gasteiger partial charge in [-0.1, -0.05) is 17.2 Å². The second kappa shape index (κ2) is 9.59. The highest BCUT2D eigenvalue weighted by molar-refractivity contribution is 6.00. The Hall–Kier alpha value is -3.82. The van der Waals surface area contributed by atoms with Gasteiger partial charge in [-0.2, -0.15) is 0 Å². The van der Waals surface area contributed by atoms with Gasteiger partial charge in [-0.15, -0.1) is 5.10 Å². The highest BCUT2D eigenvalue weighted by atomic mass is 19.2. The molecule has 0 aliphatic rings. The van der Waals surface area contributed by atoms with Crippen molar-refractivity contribution in [2.24, 2.45) is 0 Å². The quantitative estimate of drug-likeness (QED) is 0.449. The Kier molecular flexibility index (Phi) is 6.68. The van der Waals surface area contributed by atoms with E-state index in [2.05, 4.69) is 20.8 Å². The van der Waals surface area contributed by atoms with E-state index in [1.54, 1.807) is 12.1 Å². The summed E-state index contributed by atoms with van der Waals surface area (Å²) >= 11 is 0. The normalized spacial score (nSPS) is 10.6. The zero-order valence-corrected chi connectivity index (χ0v) is 15.7. The summed E-state index contributed by atoms with van der Waals surface area (Å²) in [6.45, 7) is 0. The first-order valence-electron chi connectivity index (χ1n) is 9.08. The number of carbonyl (C=O) groups excluding carboxylic acids is 1. The van der Waals surface area contributed by atoms with Crippen LogP contribution in [0.25, 0.3) is 0 Å². The molecule has 0 bridgehead atoms. The number of nitrogens with one attached hydrogen (secondary N) is 2. The van der Waals surface area contributed by atoms with Crippen molar-refractivity contribution in [3.63, 3.8) is 0 Å². The Morgan fingerprint density at radius 3 is 2.40 bits per heavy atom. The first-order valence-corrected chi connectivity index (χ1v) is 9.08. The summed E-state index contributed by atoms with van der Waals surface area (Å²) in [5.74, 6) is -3.77. The molecular weight excluding hydrogens is 398 g/mol. The summed E-state index contributed by atoms with van der Waals surface area (Å²) in [6.07, 6.45) is 2.25. The number of amides is 1. The lowest BCUT2D eigenvalue weighted by Crippen LogP contribution is -2.12. The number of aliphatic carboxylic acids is 1. The molecular formula is C20H18F2N4O4. The molecule has 1 heterocycles. The smallest absolute Gasteiger partial charge is 0.320 e. The maximum atomic E-state index is 13.2. The number of aryl methyl sites for hydroxylation is 1. The molecule has 0 fully saturated rings. The van der Waals surface area contributed by atoms with Gasteiger partial charge in [0, 0.05) is 23.9 Å². The number of halogens is 2. The Labute approximate surface area is 169 Å². The third-order valence-corrected chi connectivity index (χ3v) is 4.11. The first-order chi connectivity index (χ1) is 14.4. The minimum absolute atomic E-state index is 0.144. The van der Waals surface area contributed by atoms with Crippen LogP contribution < -0.4 is 10.6 Å². The number of carboxylic acids is 1. The van der Waals surface area contributed by atoms with E-state index in [1.165, 1.54) is 6.07 Å². The number of hydrogen-bond donors (Lipinski definition) is 3. The molecule has 0 unspecified atom stereocenters. The van der Waals surface area contributed by atoms with E-state index in [1.807, 2.05) is 12.1 Å². The first kappa shape index (κ1) is 20.9. The summed E-state index contributed by atoms with van der Waals surface area (Å²) in [5, 5.41) is 21.1. The topological polar surface area (TPSA) is 117 Å². The SMILES string of the molecule is O=C(O)CCCCc1ccc(NC(=O)c2nnc(Nc3ccc(F)c(F)c3)o2)cc1. The molecule has 1 amide bonds. The number of rotatable bonds is 9. The van der Waals surface area contributed by atoms with Crippen LogP contribution >= 0.6 is 0 Å². The number of anilines is 3. The van der Waals surface area contributed by atoms with Crippen molar-refractivity contribution in [1.29, 1.82) is 0 Å². The van der Waals surface area contributed by atoms with Gasteiger partial charge >= 0.3 is 23.8 Å². The molecule has 8 nitrogen and oxygen atoms in total. The van der Waals surface area contributed by atoms with Crippen LogP contribution in [-0.2, 0) is 11.2 Å². The van der Waals surface area contributed by atoms with Crippen LogP contribution in [0.1, 0.15) is 35.5 Å². The lowest BCUT2D eigenvalue weighted by Gasteiger charge is -2.05. The lowest BCUT2D eigenvalue weighted by molar-refractivity contribution is -0.137. The Morgan fingerprint density at radius 2 is 1.70 bits per heavy atom. The van der Waals surface area contributed by atoms with Gasteiger partial charge in [0.15, 0.2) is 11.6 Å². The molecule has 1 aromatic heterocycles. The zero-order chi connectivity index (χ0) is 21.5. The second-order valence-corrected chi connectivity index (χ2v) is 6.42. The number of carboxylic acid groups (broad SMARTS) is 1. The van der Waals surface area contributed by atoms with Crippen LogP contribution in [0.2, 0.25) is 0 Å². The van der Waals surface area contributed by atoms with Gasteiger partial charge in [0.25, 0.3) is 0 Å². The molecule has 3 rings (SSSR count). The van der Waals surface area contributed by atoms with Crippen LogP contribution in [-0.4, -0.2) is 27.2 Å². The van der Waals surface area contributed by atoms with Gasteiger partial charge in [-0.25, -0.2) is 8.78 Å². The molecule has 0 aliphatic heterocycles. The molecule has 3 N–H and O–H groups in total. The fourth-order valence-corrected chi connectivity index (χ4v) is 2.61. The fourth-order valence-electron chi connectivity index (χ4n) is 2.61. The summed E-state index contributed by atoms with van der Waals surface area (Å²) < 4.78 is 31.4. The van der Waals surface area contributed by atoms with Crippen LogP contribution in [0.4, 0.5) is 26.2 Å². The number of carbonyl (C=O) groups is 2. The maximum Gasteiger partial charge on any atom is 0.320 e. The van der Waals surface area contributed by atoms with Crippen molar-refractivity contribution in [2.75, 3.05) is 10.6 Å². The lowest BCUT2D eigenvalue weighted by atomic mass is 10.1. The predicted octanol–water partition coefficient (Wildman–Crippen LogP) is 4.14. The van der Waals surface area contributed by atoms with Crippen LogP contribution in [0.5, 0.6) is 0 Å². The third-order valence-electron chi connectivity index (χ3n) is 4.11. The van der Waals surface area contributed by atoms with Gasteiger partial charge in [-0.05, 0) is 49.1 Å². The maximum absolute atomic E-state index is 13.2. The third kappa shape index (κ3) is 5.84. The van der Waals surface area contributed by atoms with E-state index in [-0.39, 0.29) is 24.0 Å². The summed E-state index contributed by atoms with van der Waals surface area (Å²) in [7, 11) is 0. The van der Waals surface area contributed by atoms with Crippen LogP contribution in [0, 0.1) is 11.6 Å². The number of nitrogens with zero attached hydrogens (tertiary/aromatic N) is 2. The highest BCUT2D eigenvalue weighted by Crippen LogP contribution is 2.19. The van der Waals surface area contributed by atoms with E-state index in [4.69, 9.17) is 9.52 Å². The standard InChI is InChI=1S/C20H18F2N4O4/c21-15-10-9-14(11-16(15)22)24-20-26-25-19(30-20)18(29)23-13-7-5-12(6-8-13)3-1-2-4-17(27)28/h5-11H,1-4H2,(H,23,29)(H,24,26)(H,27,28). The van der Waals surface area contributed by atoms with Crippen molar-refractivity contribution in [3.05, 3.63) is 65.6 Å². The van der Waals surface area contributed by atoms with E-state index in [9.17, 15) is 18.4 Å². The average Bonchev–Trinajstić information content (AvgIpc) is 3.18. The Balaban J connectivity index is 1.53. The zero-order valence-electron chi connectivity index (χ0n) is 15.7. The number of benzene rings is 2.